The Labute approximate surface area is 103 Å². The third kappa shape index (κ3) is 2.62. The van der Waals surface area contributed by atoms with Crippen molar-refractivity contribution >= 4 is 0 Å². The van der Waals surface area contributed by atoms with Crippen LogP contribution >= 0.6 is 0 Å². The summed E-state index contributed by atoms with van der Waals surface area (Å²) in [5.41, 5.74) is 6.40. The van der Waals surface area contributed by atoms with Gasteiger partial charge in [-0.2, -0.15) is 0 Å². The third-order valence-corrected chi connectivity index (χ3v) is 2.46. The van der Waals surface area contributed by atoms with E-state index in [4.69, 9.17) is 10.5 Å². The van der Waals surface area contributed by atoms with Gasteiger partial charge in [0.1, 0.15) is 17.4 Å². The minimum Gasteiger partial charge on any atom is -0.439 e. The maximum absolute atomic E-state index is 13.1. The Morgan fingerprint density at radius 1 is 1.28 bits per heavy atom. The molecule has 3 nitrogen and oxygen atoms in total. The average Bonchev–Trinajstić information content (AvgIpc) is 2.36. The van der Waals surface area contributed by atoms with E-state index in [1.54, 1.807) is 13.0 Å². The highest BCUT2D eigenvalue weighted by Gasteiger charge is 2.08. The van der Waals surface area contributed by atoms with Crippen LogP contribution in [0, 0.1) is 18.6 Å². The van der Waals surface area contributed by atoms with Crippen molar-refractivity contribution in [2.24, 2.45) is 5.73 Å². The van der Waals surface area contributed by atoms with E-state index in [-0.39, 0.29) is 18.2 Å². The van der Waals surface area contributed by atoms with Crippen molar-refractivity contribution in [1.82, 2.24) is 4.98 Å². The molecule has 0 amide bonds. The summed E-state index contributed by atoms with van der Waals surface area (Å²) in [4.78, 5) is 3.83. The van der Waals surface area contributed by atoms with Crippen LogP contribution in [-0.4, -0.2) is 4.98 Å². The number of ether oxygens (including phenoxy) is 1. The van der Waals surface area contributed by atoms with Gasteiger partial charge in [0.2, 0.25) is 5.88 Å². The van der Waals surface area contributed by atoms with Crippen molar-refractivity contribution in [2.75, 3.05) is 0 Å². The summed E-state index contributed by atoms with van der Waals surface area (Å²) in [6.07, 6.45) is 1.05. The fraction of sp³-hybridized carbons (Fsp3) is 0.154. The van der Waals surface area contributed by atoms with Gasteiger partial charge in [0.05, 0.1) is 6.20 Å². The molecule has 2 rings (SSSR count). The fourth-order valence-electron chi connectivity index (χ4n) is 1.50. The lowest BCUT2D eigenvalue weighted by molar-refractivity contribution is 0.450. The Morgan fingerprint density at radius 3 is 2.72 bits per heavy atom. The lowest BCUT2D eigenvalue weighted by atomic mass is 10.2. The molecule has 0 saturated heterocycles. The molecule has 0 fully saturated rings. The molecule has 18 heavy (non-hydrogen) atoms. The maximum Gasteiger partial charge on any atom is 0.223 e. The van der Waals surface area contributed by atoms with E-state index in [0.717, 1.165) is 6.20 Å². The SMILES string of the molecule is Cc1cc(Oc2ncc(F)cc2CN)ccc1F. The first kappa shape index (κ1) is 12.4. The van der Waals surface area contributed by atoms with Crippen molar-refractivity contribution in [3.63, 3.8) is 0 Å². The monoisotopic (exact) mass is 250 g/mol. The van der Waals surface area contributed by atoms with Gasteiger partial charge in [-0.05, 0) is 36.8 Å². The minimum absolute atomic E-state index is 0.111. The van der Waals surface area contributed by atoms with E-state index in [9.17, 15) is 8.78 Å². The van der Waals surface area contributed by atoms with E-state index in [0.29, 0.717) is 16.9 Å². The lowest BCUT2D eigenvalue weighted by Crippen LogP contribution is -2.02. The number of rotatable bonds is 3. The highest BCUT2D eigenvalue weighted by atomic mass is 19.1. The Bertz CT molecular complexity index is 573. The fourth-order valence-corrected chi connectivity index (χ4v) is 1.50. The highest BCUT2D eigenvalue weighted by molar-refractivity contribution is 5.35. The molecule has 0 aliphatic rings. The van der Waals surface area contributed by atoms with Crippen LogP contribution in [0.3, 0.4) is 0 Å². The summed E-state index contributed by atoms with van der Waals surface area (Å²) in [6.45, 7) is 1.74. The van der Waals surface area contributed by atoms with Crippen LogP contribution in [0.15, 0.2) is 30.5 Å². The van der Waals surface area contributed by atoms with Crippen LogP contribution in [-0.2, 0) is 6.54 Å². The van der Waals surface area contributed by atoms with Crippen LogP contribution in [0.25, 0.3) is 0 Å². The second-order valence-corrected chi connectivity index (χ2v) is 3.83. The molecule has 5 heteroatoms. The summed E-state index contributed by atoms with van der Waals surface area (Å²) in [5, 5.41) is 0. The number of benzene rings is 1. The second kappa shape index (κ2) is 5.10. The number of nitrogens with two attached hydrogens (primary N) is 1. The smallest absolute Gasteiger partial charge is 0.223 e. The minimum atomic E-state index is -0.474. The Kier molecular flexibility index (Phi) is 3.53. The topological polar surface area (TPSA) is 48.1 Å². The van der Waals surface area contributed by atoms with Gasteiger partial charge in [-0.1, -0.05) is 0 Å². The summed E-state index contributed by atoms with van der Waals surface area (Å²) in [7, 11) is 0. The second-order valence-electron chi connectivity index (χ2n) is 3.83. The molecule has 0 atom stereocenters. The van der Waals surface area contributed by atoms with Gasteiger partial charge < -0.3 is 10.5 Å². The van der Waals surface area contributed by atoms with Crippen LogP contribution in [0.2, 0.25) is 0 Å². The molecular formula is C13H12F2N2O. The molecule has 0 radical (unpaired) electrons. The van der Waals surface area contributed by atoms with Crippen LogP contribution in [0.1, 0.15) is 11.1 Å². The zero-order valence-corrected chi connectivity index (χ0v) is 9.78. The molecule has 1 heterocycles. The first-order chi connectivity index (χ1) is 8.60. The molecule has 2 N–H and O–H groups in total. The normalized spacial score (nSPS) is 10.4. The molecule has 2 aromatic rings. The molecule has 0 spiro atoms. The number of halogens is 2. The molecular weight excluding hydrogens is 238 g/mol. The van der Waals surface area contributed by atoms with Crippen molar-refractivity contribution in [3.05, 3.63) is 53.2 Å². The van der Waals surface area contributed by atoms with Crippen molar-refractivity contribution in [3.8, 4) is 11.6 Å². The van der Waals surface area contributed by atoms with Gasteiger partial charge in [0.25, 0.3) is 0 Å². The summed E-state index contributed by atoms with van der Waals surface area (Å²) < 4.78 is 31.5. The van der Waals surface area contributed by atoms with Crippen molar-refractivity contribution in [2.45, 2.75) is 13.5 Å². The van der Waals surface area contributed by atoms with Gasteiger partial charge >= 0.3 is 0 Å². The Balaban J connectivity index is 2.30. The number of hydrogen-bond donors (Lipinski definition) is 1. The number of aromatic nitrogens is 1. The number of pyridine rings is 1. The standard InChI is InChI=1S/C13H12F2N2O/c1-8-4-11(2-3-12(8)15)18-13-9(6-16)5-10(14)7-17-13/h2-5,7H,6,16H2,1H3. The van der Waals surface area contributed by atoms with Gasteiger partial charge in [0, 0.05) is 12.1 Å². The number of nitrogens with zero attached hydrogens (tertiary/aromatic N) is 1. The van der Waals surface area contributed by atoms with Crippen molar-refractivity contribution < 1.29 is 13.5 Å². The summed E-state index contributed by atoms with van der Waals surface area (Å²) in [5.74, 6) is -0.126. The van der Waals surface area contributed by atoms with Gasteiger partial charge in [-0.15, -0.1) is 0 Å². The third-order valence-electron chi connectivity index (χ3n) is 2.46. The van der Waals surface area contributed by atoms with E-state index in [1.165, 1.54) is 18.2 Å². The molecule has 1 aromatic carbocycles. The average molecular weight is 250 g/mol. The quantitative estimate of drug-likeness (QED) is 0.911. The van der Waals surface area contributed by atoms with Gasteiger partial charge in [0.15, 0.2) is 0 Å². The van der Waals surface area contributed by atoms with E-state index >= 15 is 0 Å². The largest absolute Gasteiger partial charge is 0.439 e. The van der Waals surface area contributed by atoms with E-state index < -0.39 is 5.82 Å². The Hall–Kier alpha value is -2.01. The first-order valence-electron chi connectivity index (χ1n) is 5.38. The maximum atomic E-state index is 13.1. The molecule has 94 valence electrons. The molecule has 0 saturated carbocycles. The van der Waals surface area contributed by atoms with E-state index in [2.05, 4.69) is 4.98 Å². The van der Waals surface area contributed by atoms with Gasteiger partial charge in [-0.25, -0.2) is 13.8 Å². The van der Waals surface area contributed by atoms with Crippen molar-refractivity contribution in [1.29, 1.82) is 0 Å². The zero-order chi connectivity index (χ0) is 13.1. The predicted molar refractivity (Wildman–Crippen MR) is 63.3 cm³/mol. The molecule has 1 aromatic heterocycles. The lowest BCUT2D eigenvalue weighted by Gasteiger charge is -2.09. The van der Waals surface area contributed by atoms with Crippen LogP contribution in [0.4, 0.5) is 8.78 Å². The van der Waals surface area contributed by atoms with E-state index in [1.807, 2.05) is 0 Å². The number of aryl methyl sites for hydroxylation is 1. The van der Waals surface area contributed by atoms with Crippen LogP contribution in [0.5, 0.6) is 11.6 Å². The first-order valence-corrected chi connectivity index (χ1v) is 5.38. The Morgan fingerprint density at radius 2 is 2.06 bits per heavy atom. The molecule has 0 bridgehead atoms. The van der Waals surface area contributed by atoms with Gasteiger partial charge in [-0.3, -0.25) is 0 Å². The molecule has 0 aliphatic heterocycles. The van der Waals surface area contributed by atoms with Crippen LogP contribution < -0.4 is 10.5 Å². The summed E-state index contributed by atoms with van der Waals surface area (Å²) in [6, 6.07) is 5.59. The molecule has 0 aliphatic carbocycles. The molecule has 0 unspecified atom stereocenters. The number of hydrogen-bond acceptors (Lipinski definition) is 3. The highest BCUT2D eigenvalue weighted by Crippen LogP contribution is 2.24. The predicted octanol–water partition coefficient (Wildman–Crippen LogP) is 2.92. The summed E-state index contributed by atoms with van der Waals surface area (Å²) >= 11 is 0. The zero-order valence-electron chi connectivity index (χ0n) is 9.78.